The Morgan fingerprint density at radius 2 is 1.85 bits per heavy atom. The van der Waals surface area contributed by atoms with Gasteiger partial charge in [0.15, 0.2) is 5.65 Å². The Labute approximate surface area is 223 Å². The zero-order valence-corrected chi connectivity index (χ0v) is 20.9. The van der Waals surface area contributed by atoms with E-state index < -0.39 is 23.1 Å². The summed E-state index contributed by atoms with van der Waals surface area (Å²) in [5.74, 6) is -0.923. The smallest absolute Gasteiger partial charge is 0.203 e. The number of benzene rings is 2. The molecule has 0 saturated heterocycles. The summed E-state index contributed by atoms with van der Waals surface area (Å²) >= 11 is 0. The van der Waals surface area contributed by atoms with E-state index in [0.29, 0.717) is 22.3 Å². The molecule has 0 aliphatic heterocycles. The van der Waals surface area contributed by atoms with Gasteiger partial charge in [-0.25, -0.2) is 28.4 Å². The second-order valence-electron chi connectivity index (χ2n) is 9.36. The fourth-order valence-corrected chi connectivity index (χ4v) is 5.08. The normalized spacial score (nSPS) is 12.5. The number of nitrogen functional groups attached to an aromatic ring is 1. The lowest BCUT2D eigenvalue weighted by Crippen LogP contribution is -2.17. The molecular weight excluding hydrogens is 516 g/mol. The molecule has 0 aliphatic rings. The van der Waals surface area contributed by atoms with Crippen LogP contribution >= 0.6 is 0 Å². The van der Waals surface area contributed by atoms with E-state index in [4.69, 9.17) is 15.2 Å². The fourth-order valence-electron chi connectivity index (χ4n) is 5.08. The summed E-state index contributed by atoms with van der Waals surface area (Å²) < 4.78 is 36.9. The molecule has 0 fully saturated rings. The molecule has 1 atom stereocenters. The zero-order valence-electron chi connectivity index (χ0n) is 20.9. The van der Waals surface area contributed by atoms with Gasteiger partial charge >= 0.3 is 0 Å². The van der Waals surface area contributed by atoms with Crippen molar-refractivity contribution in [3.05, 3.63) is 101 Å². The minimum atomic E-state index is -0.756. The maximum Gasteiger partial charge on any atom is 0.203 e. The van der Waals surface area contributed by atoms with Crippen LogP contribution in [-0.2, 0) is 0 Å². The van der Waals surface area contributed by atoms with Gasteiger partial charge in [0.1, 0.15) is 57.9 Å². The van der Waals surface area contributed by atoms with Crippen LogP contribution in [0.25, 0.3) is 55.4 Å². The van der Waals surface area contributed by atoms with Gasteiger partial charge in [-0.1, -0.05) is 18.2 Å². The summed E-state index contributed by atoms with van der Waals surface area (Å²) in [4.78, 5) is 29.9. The number of aromatic amines is 1. The predicted molar refractivity (Wildman–Crippen MR) is 146 cm³/mol. The lowest BCUT2D eigenvalue weighted by Gasteiger charge is -2.17. The number of pyridine rings is 1. The van der Waals surface area contributed by atoms with Crippen molar-refractivity contribution in [2.45, 2.75) is 13.0 Å². The first-order valence-electron chi connectivity index (χ1n) is 12.3. The van der Waals surface area contributed by atoms with Gasteiger partial charge in [-0.2, -0.15) is 5.10 Å². The molecule has 5 heterocycles. The molecule has 5 aromatic heterocycles. The van der Waals surface area contributed by atoms with Crippen LogP contribution in [0.3, 0.4) is 0 Å². The minimum absolute atomic E-state index is 0.0206. The molecule has 0 saturated carbocycles. The average molecular weight is 536 g/mol. The lowest BCUT2D eigenvalue weighted by molar-refractivity contribution is 0.445. The van der Waals surface area contributed by atoms with Gasteiger partial charge in [0.25, 0.3) is 0 Å². The van der Waals surface area contributed by atoms with Crippen LogP contribution in [0.4, 0.5) is 14.6 Å². The monoisotopic (exact) mass is 535 g/mol. The van der Waals surface area contributed by atoms with Crippen LogP contribution in [0.1, 0.15) is 18.7 Å². The van der Waals surface area contributed by atoms with Crippen molar-refractivity contribution in [1.29, 1.82) is 0 Å². The molecule has 1 unspecified atom stereocenters. The van der Waals surface area contributed by atoms with Gasteiger partial charge in [-0.05, 0) is 48.9 Å². The van der Waals surface area contributed by atoms with Gasteiger partial charge in [-0.15, -0.1) is 0 Å². The van der Waals surface area contributed by atoms with E-state index in [0.717, 1.165) is 11.0 Å². The molecule has 0 spiro atoms. The van der Waals surface area contributed by atoms with Crippen molar-refractivity contribution in [2.24, 2.45) is 0 Å². The highest BCUT2D eigenvalue weighted by molar-refractivity contribution is 5.99. The van der Waals surface area contributed by atoms with Crippen LogP contribution in [0.2, 0.25) is 0 Å². The molecule has 0 amide bonds. The first-order valence-corrected chi connectivity index (χ1v) is 12.3. The summed E-state index contributed by atoms with van der Waals surface area (Å²) in [7, 11) is 0. The second kappa shape index (κ2) is 8.80. The van der Waals surface area contributed by atoms with Gasteiger partial charge in [-0.3, -0.25) is 4.79 Å². The fraction of sp³-hybridized carbons (Fsp3) is 0.0690. The standard InChI is InChI=1S/C29H19F2N7O2/c1-14(26-21(15-4-2-5-18(30)11-15)25(39)22-19(31)6-3-7-20(22)40-26)38-29-23(27(32)35-13-36-29)24(37-38)17-10-16-8-9-33-28(16)34-12-17/h2-14H,1H3,(H,33,34)(H2,32,35,36). The number of rotatable bonds is 4. The molecule has 0 radical (unpaired) electrons. The van der Waals surface area contributed by atoms with Crippen molar-refractivity contribution in [2.75, 3.05) is 5.73 Å². The van der Waals surface area contributed by atoms with Crippen LogP contribution in [0, 0.1) is 11.6 Å². The number of hydrogen-bond donors (Lipinski definition) is 2. The Bertz CT molecular complexity index is 2170. The second-order valence-corrected chi connectivity index (χ2v) is 9.36. The molecule has 7 aromatic rings. The van der Waals surface area contributed by atoms with E-state index in [1.54, 1.807) is 30.1 Å². The van der Waals surface area contributed by atoms with E-state index >= 15 is 0 Å². The molecule has 2 aromatic carbocycles. The van der Waals surface area contributed by atoms with Crippen molar-refractivity contribution < 1.29 is 13.2 Å². The van der Waals surface area contributed by atoms with E-state index in [-0.39, 0.29) is 33.7 Å². The molecule has 7 rings (SSSR count). The maximum absolute atomic E-state index is 14.8. The Hall–Kier alpha value is -5.45. The number of nitrogens with two attached hydrogens (primary N) is 1. The van der Waals surface area contributed by atoms with E-state index in [9.17, 15) is 13.6 Å². The highest BCUT2D eigenvalue weighted by Gasteiger charge is 2.28. The largest absolute Gasteiger partial charge is 0.458 e. The van der Waals surface area contributed by atoms with E-state index in [1.807, 2.05) is 12.1 Å². The lowest BCUT2D eigenvalue weighted by atomic mass is 9.99. The van der Waals surface area contributed by atoms with Crippen molar-refractivity contribution in [1.82, 2.24) is 29.7 Å². The number of nitrogens with one attached hydrogen (secondary N) is 1. The Balaban J connectivity index is 1.51. The summed E-state index contributed by atoms with van der Waals surface area (Å²) in [6.45, 7) is 1.76. The zero-order chi connectivity index (χ0) is 27.5. The molecule has 9 nitrogen and oxygen atoms in total. The van der Waals surface area contributed by atoms with Crippen LogP contribution < -0.4 is 11.2 Å². The average Bonchev–Trinajstić information content (AvgIpc) is 3.57. The third kappa shape index (κ3) is 3.55. The number of halogens is 2. The molecular formula is C29H19F2N7O2. The Morgan fingerprint density at radius 3 is 2.70 bits per heavy atom. The molecule has 0 bridgehead atoms. The Kier molecular flexibility index (Phi) is 5.20. The number of anilines is 1. The first-order chi connectivity index (χ1) is 19.4. The third-order valence-electron chi connectivity index (χ3n) is 6.95. The Morgan fingerprint density at radius 1 is 1.00 bits per heavy atom. The topological polar surface area (TPSA) is 129 Å². The molecule has 196 valence electrons. The minimum Gasteiger partial charge on any atom is -0.458 e. The number of aromatic nitrogens is 6. The number of hydrogen-bond acceptors (Lipinski definition) is 7. The molecule has 40 heavy (non-hydrogen) atoms. The molecule has 0 aliphatic carbocycles. The first kappa shape index (κ1) is 23.7. The van der Waals surface area contributed by atoms with Crippen LogP contribution in [0.15, 0.2) is 82.5 Å². The van der Waals surface area contributed by atoms with Crippen molar-refractivity contribution >= 4 is 38.9 Å². The molecule has 3 N–H and O–H groups in total. The van der Waals surface area contributed by atoms with Gasteiger partial charge in [0.2, 0.25) is 5.43 Å². The van der Waals surface area contributed by atoms with Crippen LogP contribution in [-0.4, -0.2) is 29.7 Å². The molecule has 11 heteroatoms. The number of fused-ring (bicyclic) bond motifs is 3. The van der Waals surface area contributed by atoms with E-state index in [2.05, 4.69) is 19.9 Å². The van der Waals surface area contributed by atoms with Crippen molar-refractivity contribution in [3.8, 4) is 22.4 Å². The summed E-state index contributed by atoms with van der Waals surface area (Å²) in [5, 5.41) is 5.99. The van der Waals surface area contributed by atoms with E-state index in [1.165, 1.54) is 42.7 Å². The van der Waals surface area contributed by atoms with Crippen molar-refractivity contribution in [3.63, 3.8) is 0 Å². The predicted octanol–water partition coefficient (Wildman–Crippen LogP) is 5.61. The van der Waals surface area contributed by atoms with Gasteiger partial charge in [0, 0.05) is 23.3 Å². The van der Waals surface area contributed by atoms with Gasteiger partial charge < -0.3 is 15.1 Å². The SMILES string of the molecule is CC(c1oc2cccc(F)c2c(=O)c1-c1cccc(F)c1)n1nc(-c2cnc3[nH]ccc3c2)c2c(N)ncnc21. The number of nitrogens with zero attached hydrogens (tertiary/aromatic N) is 5. The number of H-pyrrole nitrogens is 1. The summed E-state index contributed by atoms with van der Waals surface area (Å²) in [6, 6.07) is 12.7. The highest BCUT2D eigenvalue weighted by Crippen LogP contribution is 2.37. The maximum atomic E-state index is 14.8. The summed E-state index contributed by atoms with van der Waals surface area (Å²) in [5.41, 5.74) is 8.26. The summed E-state index contributed by atoms with van der Waals surface area (Å²) in [6.07, 6.45) is 4.77. The van der Waals surface area contributed by atoms with Crippen LogP contribution in [0.5, 0.6) is 0 Å². The quantitative estimate of drug-likeness (QED) is 0.300. The highest BCUT2D eigenvalue weighted by atomic mass is 19.1. The van der Waals surface area contributed by atoms with Gasteiger partial charge in [0.05, 0.1) is 10.9 Å². The third-order valence-corrected chi connectivity index (χ3v) is 6.95.